The van der Waals surface area contributed by atoms with E-state index in [0.717, 1.165) is 0 Å². The summed E-state index contributed by atoms with van der Waals surface area (Å²) in [6, 6.07) is 1.49. The predicted octanol–water partition coefficient (Wildman–Crippen LogP) is 1.86. The summed E-state index contributed by atoms with van der Waals surface area (Å²) in [4.78, 5) is 15.7. The van der Waals surface area contributed by atoms with Crippen molar-refractivity contribution in [2.75, 3.05) is 12.4 Å². The lowest BCUT2D eigenvalue weighted by Gasteiger charge is -2.16. The Morgan fingerprint density at radius 1 is 1.44 bits per heavy atom. The number of methoxy groups -OCH3 is 1. The number of carbonyl (C=O) groups is 1. The Hall–Kier alpha value is -1.04. The number of halogens is 2. The van der Waals surface area contributed by atoms with Crippen LogP contribution in [0.3, 0.4) is 0 Å². The van der Waals surface area contributed by atoms with Gasteiger partial charge in [0.15, 0.2) is 0 Å². The molecule has 0 spiro atoms. The monoisotopic (exact) mass is 295 g/mol. The van der Waals surface area contributed by atoms with E-state index in [1.54, 1.807) is 39.4 Å². The summed E-state index contributed by atoms with van der Waals surface area (Å²) in [5.74, 6) is 0.187. The Morgan fingerprint density at radius 3 is 2.56 bits per heavy atom. The highest BCUT2D eigenvalue weighted by Crippen LogP contribution is 2.22. The molecule has 1 heterocycles. The topological polar surface area (TPSA) is 77.2 Å². The first-order chi connectivity index (χ1) is 7.56. The number of nitrogens with zero attached hydrogens (tertiary/aromatic N) is 1. The molecule has 1 amide bonds. The van der Waals surface area contributed by atoms with E-state index in [9.17, 15) is 4.79 Å². The van der Waals surface area contributed by atoms with Crippen LogP contribution in [0.4, 0.5) is 5.69 Å². The number of carbonyl (C=O) groups excluding carboxylic acids is 1. The van der Waals surface area contributed by atoms with Gasteiger partial charge in [-0.15, -0.1) is 24.8 Å². The number of ether oxygens (including phenoxy) is 1. The van der Waals surface area contributed by atoms with E-state index in [-0.39, 0.29) is 42.7 Å². The molecule has 18 heavy (non-hydrogen) atoms. The number of anilines is 1. The van der Waals surface area contributed by atoms with Crippen molar-refractivity contribution in [3.8, 4) is 5.75 Å². The van der Waals surface area contributed by atoms with Crippen LogP contribution in [-0.2, 0) is 4.79 Å². The molecule has 2 unspecified atom stereocenters. The number of hydrogen-bond acceptors (Lipinski definition) is 4. The van der Waals surface area contributed by atoms with Gasteiger partial charge in [0.2, 0.25) is 5.91 Å². The van der Waals surface area contributed by atoms with Gasteiger partial charge in [-0.05, 0) is 6.92 Å². The van der Waals surface area contributed by atoms with Crippen molar-refractivity contribution in [1.82, 2.24) is 4.98 Å². The molecular weight excluding hydrogens is 277 g/mol. The lowest BCUT2D eigenvalue weighted by atomic mass is 10.0. The van der Waals surface area contributed by atoms with E-state index in [4.69, 9.17) is 10.5 Å². The molecule has 0 aliphatic heterocycles. The molecule has 0 aliphatic rings. The highest BCUT2D eigenvalue weighted by molar-refractivity contribution is 5.93. The third-order valence-corrected chi connectivity index (χ3v) is 2.46. The third-order valence-electron chi connectivity index (χ3n) is 2.46. The summed E-state index contributed by atoms with van der Waals surface area (Å²) in [5.41, 5.74) is 6.21. The molecule has 3 N–H and O–H groups in total. The van der Waals surface area contributed by atoms with E-state index in [1.165, 1.54) is 0 Å². The molecule has 0 aromatic carbocycles. The highest BCUT2D eigenvalue weighted by atomic mass is 35.5. The second-order valence-corrected chi connectivity index (χ2v) is 3.71. The van der Waals surface area contributed by atoms with Crippen molar-refractivity contribution in [1.29, 1.82) is 0 Å². The van der Waals surface area contributed by atoms with E-state index < -0.39 is 0 Å². The van der Waals surface area contributed by atoms with Gasteiger partial charge in [0.25, 0.3) is 0 Å². The SMILES string of the molecule is COc1ccncc1NC(=O)C(C)C(C)N.Cl.Cl. The van der Waals surface area contributed by atoms with Crippen molar-refractivity contribution in [3.05, 3.63) is 18.5 Å². The molecule has 0 saturated carbocycles. The average Bonchev–Trinajstić information content (AvgIpc) is 2.28. The van der Waals surface area contributed by atoms with Gasteiger partial charge in [-0.3, -0.25) is 9.78 Å². The molecule has 7 heteroatoms. The zero-order valence-electron chi connectivity index (χ0n) is 10.5. The Bertz CT molecular complexity index is 375. The summed E-state index contributed by atoms with van der Waals surface area (Å²) >= 11 is 0. The molecular formula is C11H19Cl2N3O2. The minimum atomic E-state index is -0.259. The van der Waals surface area contributed by atoms with Crippen LogP contribution in [0.25, 0.3) is 0 Å². The average molecular weight is 296 g/mol. The lowest BCUT2D eigenvalue weighted by molar-refractivity contribution is -0.119. The van der Waals surface area contributed by atoms with Gasteiger partial charge in [0.1, 0.15) is 11.4 Å². The van der Waals surface area contributed by atoms with Crippen LogP contribution in [0.2, 0.25) is 0 Å². The van der Waals surface area contributed by atoms with E-state index in [2.05, 4.69) is 10.3 Å². The normalized spacial score (nSPS) is 12.4. The fraction of sp³-hybridized carbons (Fsp3) is 0.455. The summed E-state index contributed by atoms with van der Waals surface area (Å²) in [5, 5.41) is 2.74. The van der Waals surface area contributed by atoms with Gasteiger partial charge in [0, 0.05) is 18.3 Å². The molecule has 0 bridgehead atoms. The summed E-state index contributed by atoms with van der Waals surface area (Å²) < 4.78 is 5.10. The number of amides is 1. The smallest absolute Gasteiger partial charge is 0.228 e. The summed E-state index contributed by atoms with van der Waals surface area (Å²) in [6.07, 6.45) is 3.15. The molecule has 1 aromatic rings. The first kappa shape index (κ1) is 19.3. The number of hydrogen-bond donors (Lipinski definition) is 2. The molecule has 1 rings (SSSR count). The van der Waals surface area contributed by atoms with E-state index >= 15 is 0 Å². The highest BCUT2D eigenvalue weighted by Gasteiger charge is 2.18. The first-order valence-electron chi connectivity index (χ1n) is 5.10. The Kier molecular flexibility index (Phi) is 9.61. The van der Waals surface area contributed by atoms with Crippen LogP contribution in [-0.4, -0.2) is 24.0 Å². The van der Waals surface area contributed by atoms with Crippen molar-refractivity contribution >= 4 is 36.4 Å². The Balaban J connectivity index is 0. The number of pyridine rings is 1. The number of nitrogens with one attached hydrogen (secondary N) is 1. The number of aromatic nitrogens is 1. The Labute approximate surface area is 119 Å². The van der Waals surface area contributed by atoms with Crippen LogP contribution in [0.5, 0.6) is 5.75 Å². The van der Waals surface area contributed by atoms with Crippen LogP contribution in [0.15, 0.2) is 18.5 Å². The zero-order valence-corrected chi connectivity index (χ0v) is 12.2. The minimum Gasteiger partial charge on any atom is -0.494 e. The summed E-state index contributed by atoms with van der Waals surface area (Å²) in [7, 11) is 1.54. The second kappa shape index (κ2) is 8.97. The molecule has 104 valence electrons. The quantitative estimate of drug-likeness (QED) is 0.889. The number of rotatable bonds is 4. The van der Waals surface area contributed by atoms with Crippen LogP contribution < -0.4 is 15.8 Å². The Morgan fingerprint density at radius 2 is 2.06 bits per heavy atom. The van der Waals surface area contributed by atoms with Gasteiger partial charge in [-0.25, -0.2) is 0 Å². The maximum atomic E-state index is 11.7. The molecule has 0 aliphatic carbocycles. The van der Waals surface area contributed by atoms with Crippen molar-refractivity contribution < 1.29 is 9.53 Å². The maximum Gasteiger partial charge on any atom is 0.228 e. The predicted molar refractivity (Wildman–Crippen MR) is 76.7 cm³/mol. The molecule has 0 fully saturated rings. The van der Waals surface area contributed by atoms with E-state index in [0.29, 0.717) is 11.4 Å². The molecule has 2 atom stereocenters. The van der Waals surface area contributed by atoms with Crippen molar-refractivity contribution in [2.45, 2.75) is 19.9 Å². The van der Waals surface area contributed by atoms with Gasteiger partial charge in [0.05, 0.1) is 19.2 Å². The third kappa shape index (κ3) is 5.08. The molecule has 1 aromatic heterocycles. The lowest BCUT2D eigenvalue weighted by Crippen LogP contribution is -2.34. The fourth-order valence-electron chi connectivity index (χ4n) is 1.14. The first-order valence-corrected chi connectivity index (χ1v) is 5.10. The second-order valence-electron chi connectivity index (χ2n) is 3.71. The van der Waals surface area contributed by atoms with Gasteiger partial charge in [-0.2, -0.15) is 0 Å². The van der Waals surface area contributed by atoms with Gasteiger partial charge in [-0.1, -0.05) is 6.92 Å². The van der Waals surface area contributed by atoms with Crippen molar-refractivity contribution in [3.63, 3.8) is 0 Å². The van der Waals surface area contributed by atoms with Crippen molar-refractivity contribution in [2.24, 2.45) is 11.7 Å². The fourth-order valence-corrected chi connectivity index (χ4v) is 1.14. The van der Waals surface area contributed by atoms with Gasteiger partial charge < -0.3 is 15.8 Å². The molecule has 0 saturated heterocycles. The standard InChI is InChI=1S/C11H17N3O2.2ClH/c1-7(8(2)12)11(15)14-9-6-13-5-4-10(9)16-3;;/h4-8H,12H2,1-3H3,(H,14,15);2*1H. The van der Waals surface area contributed by atoms with Gasteiger partial charge >= 0.3 is 0 Å². The maximum absolute atomic E-state index is 11.7. The minimum absolute atomic E-state index is 0. The van der Waals surface area contributed by atoms with Crippen LogP contribution in [0, 0.1) is 5.92 Å². The number of nitrogens with two attached hydrogens (primary N) is 1. The largest absolute Gasteiger partial charge is 0.494 e. The molecule has 0 radical (unpaired) electrons. The van der Waals surface area contributed by atoms with E-state index in [1.807, 2.05) is 0 Å². The molecule has 5 nitrogen and oxygen atoms in total. The summed E-state index contributed by atoms with van der Waals surface area (Å²) in [6.45, 7) is 3.58. The van der Waals surface area contributed by atoms with Crippen LogP contribution >= 0.6 is 24.8 Å². The van der Waals surface area contributed by atoms with Crippen LogP contribution in [0.1, 0.15) is 13.8 Å². The zero-order chi connectivity index (χ0) is 12.1.